The number of benzene rings is 2. The van der Waals surface area contributed by atoms with Crippen molar-refractivity contribution in [2.24, 2.45) is 5.92 Å². The fourth-order valence-electron chi connectivity index (χ4n) is 5.11. The first-order valence-electron chi connectivity index (χ1n) is 11.6. The van der Waals surface area contributed by atoms with E-state index in [2.05, 4.69) is 46.0 Å². The van der Waals surface area contributed by atoms with Gasteiger partial charge in [0.05, 0.1) is 0 Å². The van der Waals surface area contributed by atoms with Gasteiger partial charge in [0.2, 0.25) is 0 Å². The molecule has 3 aromatic rings. The second-order valence-corrected chi connectivity index (χ2v) is 13.3. The molecule has 32 heavy (non-hydrogen) atoms. The Hall–Kier alpha value is -1.51. The molecule has 2 aromatic carbocycles. The zero-order valence-corrected chi connectivity index (χ0v) is 23.2. The molecular formula is C27H33AsBrNO2. The van der Waals surface area contributed by atoms with E-state index in [1.807, 2.05) is 55.0 Å². The molecule has 0 amide bonds. The van der Waals surface area contributed by atoms with Crippen LogP contribution in [0.1, 0.15) is 79.2 Å². The topological polar surface area (TPSA) is 42.1 Å². The Kier molecular flexibility index (Phi) is 7.22. The van der Waals surface area contributed by atoms with E-state index >= 15 is 0 Å². The van der Waals surface area contributed by atoms with Crippen LogP contribution in [0.3, 0.4) is 0 Å². The number of carbonyl (C=O) groups is 1. The predicted octanol–water partition coefficient (Wildman–Crippen LogP) is 7.09. The van der Waals surface area contributed by atoms with E-state index in [4.69, 9.17) is 4.74 Å². The Morgan fingerprint density at radius 3 is 2.56 bits per heavy atom. The van der Waals surface area contributed by atoms with Gasteiger partial charge in [-0.2, -0.15) is 0 Å². The molecule has 1 fully saturated rings. The van der Waals surface area contributed by atoms with Gasteiger partial charge in [0, 0.05) is 4.47 Å². The normalized spacial score (nSPS) is 17.8. The molecule has 1 N–H and O–H groups in total. The maximum atomic E-state index is 13.2. The standard InChI is InChI=1S/C27H33AsBrNO2/c1-17-25(26(31)32-18(2)20-10-12-22(29)13-11-20)23-15-19(9-14-24(23)30-17)16-27(3,28)21-7-5-4-6-8-21/h9-15,18,21,30H,4-8,16,28H2,1-3H3. The number of H-pyrrole nitrogens is 1. The predicted molar refractivity (Wildman–Crippen MR) is 138 cm³/mol. The van der Waals surface area contributed by atoms with Crippen molar-refractivity contribution < 1.29 is 9.53 Å². The van der Waals surface area contributed by atoms with Crippen LogP contribution in [-0.2, 0) is 11.2 Å². The van der Waals surface area contributed by atoms with Gasteiger partial charge in [-0.15, -0.1) is 0 Å². The molecule has 1 aliphatic rings. The van der Waals surface area contributed by atoms with Crippen LogP contribution in [0, 0.1) is 12.8 Å². The molecule has 0 aliphatic heterocycles. The van der Waals surface area contributed by atoms with Crippen molar-refractivity contribution >= 4 is 49.7 Å². The number of aryl methyl sites for hydroxylation is 1. The molecule has 5 heteroatoms. The fraction of sp³-hybridized carbons (Fsp3) is 0.444. The molecule has 170 valence electrons. The number of ether oxygens (including phenoxy) is 1. The van der Waals surface area contributed by atoms with E-state index in [1.54, 1.807) is 0 Å². The number of hydrogen-bond donors (Lipinski definition) is 1. The molecule has 4 rings (SSSR count). The Bertz CT molecular complexity index is 1100. The van der Waals surface area contributed by atoms with Crippen LogP contribution in [0.2, 0.25) is 4.20 Å². The van der Waals surface area contributed by atoms with Crippen molar-refractivity contribution in [3.8, 4) is 0 Å². The van der Waals surface area contributed by atoms with Gasteiger partial charge in [-0.25, -0.2) is 0 Å². The van der Waals surface area contributed by atoms with E-state index in [-0.39, 0.29) is 12.1 Å². The maximum absolute atomic E-state index is 13.2. The van der Waals surface area contributed by atoms with Crippen LogP contribution in [0.25, 0.3) is 10.9 Å². The third-order valence-corrected chi connectivity index (χ3v) is 8.95. The molecule has 1 heterocycles. The van der Waals surface area contributed by atoms with E-state index in [1.165, 1.54) is 37.7 Å². The van der Waals surface area contributed by atoms with Gasteiger partial charge in [-0.05, 0) is 0 Å². The molecule has 0 radical (unpaired) electrons. The summed E-state index contributed by atoms with van der Waals surface area (Å²) in [4.78, 5) is 16.6. The summed E-state index contributed by atoms with van der Waals surface area (Å²) in [5, 5.41) is 0.972. The van der Waals surface area contributed by atoms with E-state index < -0.39 is 0 Å². The second kappa shape index (κ2) is 9.77. The van der Waals surface area contributed by atoms with Crippen LogP contribution in [0.4, 0.5) is 0 Å². The van der Waals surface area contributed by atoms with Crippen LogP contribution >= 0.6 is 15.9 Å². The number of carbonyl (C=O) groups excluding carboxylic acids is 1. The fourth-order valence-corrected chi connectivity index (χ4v) is 6.57. The summed E-state index contributed by atoms with van der Waals surface area (Å²) in [6.07, 6.45) is 7.58. The van der Waals surface area contributed by atoms with Gasteiger partial charge in [0.25, 0.3) is 0 Å². The average molecular weight is 558 g/mol. The summed E-state index contributed by atoms with van der Waals surface area (Å²) in [5.74, 6) is 0.535. The Labute approximate surface area is 208 Å². The van der Waals surface area contributed by atoms with Crippen LogP contribution in [-0.4, -0.2) is 27.8 Å². The molecule has 0 bridgehead atoms. The second-order valence-electron chi connectivity index (χ2n) is 9.62. The number of aromatic amines is 1. The monoisotopic (exact) mass is 557 g/mol. The Balaban J connectivity index is 1.57. The quantitative estimate of drug-likeness (QED) is 0.259. The number of halogens is 1. The molecule has 1 aromatic heterocycles. The van der Waals surface area contributed by atoms with Crippen LogP contribution < -0.4 is 0 Å². The van der Waals surface area contributed by atoms with Gasteiger partial charge in [0.1, 0.15) is 0 Å². The number of esters is 1. The van der Waals surface area contributed by atoms with E-state index in [0.29, 0.717) is 9.77 Å². The summed E-state index contributed by atoms with van der Waals surface area (Å²) in [5.41, 5.74) is 4.81. The number of nitrogens with one attached hydrogen (secondary N) is 1. The van der Waals surface area contributed by atoms with Gasteiger partial charge >= 0.3 is 189 Å². The Morgan fingerprint density at radius 2 is 1.88 bits per heavy atom. The number of fused-ring (bicyclic) bond motifs is 1. The summed E-state index contributed by atoms with van der Waals surface area (Å²) in [7, 11) is 0. The number of aromatic nitrogens is 1. The van der Waals surface area contributed by atoms with Gasteiger partial charge < -0.3 is 0 Å². The molecule has 3 unspecified atom stereocenters. The van der Waals surface area contributed by atoms with Crippen LogP contribution in [0.5, 0.6) is 0 Å². The molecule has 3 atom stereocenters. The molecule has 3 nitrogen and oxygen atoms in total. The van der Waals surface area contributed by atoms with Gasteiger partial charge in [0.15, 0.2) is 0 Å². The van der Waals surface area contributed by atoms with Crippen molar-refractivity contribution in [1.82, 2.24) is 4.98 Å². The summed E-state index contributed by atoms with van der Waals surface area (Å²) >= 11 is 5.31. The third kappa shape index (κ3) is 5.18. The summed E-state index contributed by atoms with van der Waals surface area (Å²) in [6.45, 7) is 6.31. The summed E-state index contributed by atoms with van der Waals surface area (Å²) in [6, 6.07) is 14.5. The Morgan fingerprint density at radius 1 is 1.19 bits per heavy atom. The van der Waals surface area contributed by atoms with Crippen LogP contribution in [0.15, 0.2) is 46.9 Å². The van der Waals surface area contributed by atoms with Crippen molar-refractivity contribution in [1.29, 1.82) is 0 Å². The van der Waals surface area contributed by atoms with Gasteiger partial charge in [-0.3, -0.25) is 0 Å². The number of rotatable bonds is 6. The van der Waals surface area contributed by atoms with Crippen molar-refractivity contribution in [2.45, 2.75) is 69.6 Å². The van der Waals surface area contributed by atoms with E-state index in [0.717, 1.165) is 39.0 Å². The first-order chi connectivity index (χ1) is 15.2. The first kappa shape index (κ1) is 23.6. The van der Waals surface area contributed by atoms with Gasteiger partial charge in [-0.1, -0.05) is 15.9 Å². The molecule has 1 saturated carbocycles. The molecule has 0 saturated heterocycles. The minimum absolute atomic E-state index is 0.267. The molecule has 0 spiro atoms. The van der Waals surface area contributed by atoms with E-state index in [9.17, 15) is 4.79 Å². The first-order valence-corrected chi connectivity index (χ1v) is 13.6. The zero-order chi connectivity index (χ0) is 22.9. The van der Waals surface area contributed by atoms with Crippen molar-refractivity contribution in [3.63, 3.8) is 0 Å². The summed E-state index contributed by atoms with van der Waals surface area (Å²) < 4.78 is 7.21. The molecular weight excluding hydrogens is 525 g/mol. The molecule has 1 aliphatic carbocycles. The minimum atomic E-state index is -0.309. The average Bonchev–Trinajstić information content (AvgIpc) is 3.09. The zero-order valence-electron chi connectivity index (χ0n) is 19.2. The third-order valence-electron chi connectivity index (χ3n) is 7.00. The SMILES string of the molecule is Cc1[nH]c2ccc(CC(C)([AsH2])C3CCCCC3)cc2c1C(=O)OC(C)c1ccc(Br)cc1. The van der Waals surface area contributed by atoms with Crippen molar-refractivity contribution in [3.05, 3.63) is 69.3 Å². The van der Waals surface area contributed by atoms with Crippen molar-refractivity contribution in [2.75, 3.05) is 0 Å². The number of hydrogen-bond acceptors (Lipinski definition) is 2.